The predicted molar refractivity (Wildman–Crippen MR) is 220 cm³/mol. The van der Waals surface area contributed by atoms with Crippen LogP contribution in [0.2, 0.25) is 0 Å². The summed E-state index contributed by atoms with van der Waals surface area (Å²) in [5, 5.41) is 11.9. The summed E-state index contributed by atoms with van der Waals surface area (Å²) < 4.78 is 2.28. The molecule has 2 aromatic heterocycles. The molecule has 8 aromatic rings. The molecule has 0 atom stereocenters. The normalized spacial score (nSPS) is 21.3. The minimum Gasteiger partial charge on any atom is -0.308 e. The Morgan fingerprint density at radius 2 is 1.15 bits per heavy atom. The van der Waals surface area contributed by atoms with Gasteiger partial charge in [0.2, 0.25) is 0 Å². The molecule has 0 unspecified atom stereocenters. The molecule has 4 bridgehead atoms. The number of aromatic nitrogens is 4. The van der Waals surface area contributed by atoms with Crippen molar-refractivity contribution in [3.8, 4) is 57.0 Å². The molecule has 0 aliphatic heterocycles. The lowest BCUT2D eigenvalue weighted by Crippen LogP contribution is -2.48. The molecule has 4 aliphatic carbocycles. The average Bonchev–Trinajstić information content (AvgIpc) is 3.57. The van der Waals surface area contributed by atoms with E-state index in [2.05, 4.69) is 132 Å². The molecule has 264 valence electrons. The van der Waals surface area contributed by atoms with E-state index in [9.17, 15) is 5.26 Å². The molecule has 55 heavy (non-hydrogen) atoms. The van der Waals surface area contributed by atoms with Gasteiger partial charge in [-0.3, -0.25) is 0 Å². The van der Waals surface area contributed by atoms with Gasteiger partial charge < -0.3 is 4.57 Å². The molecule has 0 amide bonds. The van der Waals surface area contributed by atoms with Crippen LogP contribution in [0.15, 0.2) is 146 Å². The number of fused-ring (bicyclic) bond motifs is 3. The van der Waals surface area contributed by atoms with Crippen LogP contribution in [0.3, 0.4) is 0 Å². The van der Waals surface area contributed by atoms with Gasteiger partial charge in [-0.1, -0.05) is 103 Å². The standard InChI is InChI=1S/C50H39N5/c51-31-32-17-22-45-44(26-32)42-15-8-16-43(46(42)55(45)41-13-5-2-6-14-41)49-53-47(52-48(54-49)39-12-7-11-38(27-39)36-9-3-1-4-10-36)37-18-20-40(21-19-37)50-28-33-23-34(29-50)25-35(24-33)30-50/h1-22,26-27,33-35H,23-25,28-30H2. The molecule has 0 radical (unpaired) electrons. The molecule has 2 heterocycles. The number of benzene rings is 6. The zero-order valence-corrected chi connectivity index (χ0v) is 30.6. The summed E-state index contributed by atoms with van der Waals surface area (Å²) in [4.78, 5) is 15.8. The summed E-state index contributed by atoms with van der Waals surface area (Å²) in [6.07, 6.45) is 8.33. The Morgan fingerprint density at radius 1 is 0.527 bits per heavy atom. The summed E-state index contributed by atoms with van der Waals surface area (Å²) in [6.45, 7) is 0. The fourth-order valence-electron chi connectivity index (χ4n) is 10.8. The first-order chi connectivity index (χ1) is 27.1. The lowest BCUT2D eigenvalue weighted by atomic mass is 9.48. The molecule has 6 aromatic carbocycles. The Hall–Kier alpha value is -6.38. The van der Waals surface area contributed by atoms with E-state index in [1.165, 1.54) is 44.1 Å². The molecule has 4 saturated carbocycles. The lowest BCUT2D eigenvalue weighted by Gasteiger charge is -2.57. The molecule has 0 saturated heterocycles. The molecule has 4 fully saturated rings. The number of hydrogen-bond acceptors (Lipinski definition) is 4. The fraction of sp³-hybridized carbons (Fsp3) is 0.200. The molecule has 5 nitrogen and oxygen atoms in total. The van der Waals surface area contributed by atoms with Crippen LogP contribution < -0.4 is 0 Å². The third-order valence-corrected chi connectivity index (χ3v) is 12.8. The number of para-hydroxylation sites is 2. The SMILES string of the molecule is N#Cc1ccc2c(c1)c1cccc(-c3nc(-c4ccc(C56CC7CC(CC(C7)C5)C6)cc4)nc(-c4cccc(-c5ccccc5)c4)n3)c1n2-c1ccccc1. The van der Waals surface area contributed by atoms with Gasteiger partial charge in [0.05, 0.1) is 22.7 Å². The second-order valence-corrected chi connectivity index (χ2v) is 16.2. The van der Waals surface area contributed by atoms with Crippen molar-refractivity contribution in [1.82, 2.24) is 19.5 Å². The van der Waals surface area contributed by atoms with Gasteiger partial charge in [0.25, 0.3) is 0 Å². The molecule has 0 spiro atoms. The first-order valence-corrected chi connectivity index (χ1v) is 19.7. The van der Waals surface area contributed by atoms with Crippen LogP contribution in [0.4, 0.5) is 0 Å². The van der Waals surface area contributed by atoms with Gasteiger partial charge in [-0.15, -0.1) is 0 Å². The Bertz CT molecular complexity index is 2760. The summed E-state index contributed by atoms with van der Waals surface area (Å²) in [5.41, 5.74) is 10.6. The van der Waals surface area contributed by atoms with Crippen LogP contribution in [0, 0.1) is 29.1 Å². The van der Waals surface area contributed by atoms with E-state index >= 15 is 0 Å². The number of hydrogen-bond donors (Lipinski definition) is 0. The molecule has 0 N–H and O–H groups in total. The second-order valence-electron chi connectivity index (χ2n) is 16.2. The highest BCUT2D eigenvalue weighted by molar-refractivity contribution is 6.13. The van der Waals surface area contributed by atoms with E-state index in [4.69, 9.17) is 15.0 Å². The number of nitrogens with zero attached hydrogens (tertiary/aromatic N) is 5. The van der Waals surface area contributed by atoms with Crippen molar-refractivity contribution in [1.29, 1.82) is 5.26 Å². The van der Waals surface area contributed by atoms with Crippen molar-refractivity contribution in [2.24, 2.45) is 17.8 Å². The highest BCUT2D eigenvalue weighted by atomic mass is 15.0. The van der Waals surface area contributed by atoms with Crippen LogP contribution in [-0.2, 0) is 5.41 Å². The Labute approximate surface area is 321 Å². The minimum absolute atomic E-state index is 0.326. The summed E-state index contributed by atoms with van der Waals surface area (Å²) in [6, 6.07) is 53.2. The maximum absolute atomic E-state index is 9.86. The third-order valence-electron chi connectivity index (χ3n) is 12.8. The van der Waals surface area contributed by atoms with Crippen molar-refractivity contribution in [3.05, 3.63) is 157 Å². The smallest absolute Gasteiger partial charge is 0.166 e. The van der Waals surface area contributed by atoms with E-state index in [-0.39, 0.29) is 0 Å². The lowest BCUT2D eigenvalue weighted by molar-refractivity contribution is -0.00518. The summed E-state index contributed by atoms with van der Waals surface area (Å²) in [7, 11) is 0. The van der Waals surface area contributed by atoms with Gasteiger partial charge in [-0.25, -0.2) is 15.0 Å². The largest absolute Gasteiger partial charge is 0.308 e. The van der Waals surface area contributed by atoms with E-state index in [1.54, 1.807) is 0 Å². The van der Waals surface area contributed by atoms with Gasteiger partial charge in [0.15, 0.2) is 17.5 Å². The highest BCUT2D eigenvalue weighted by Crippen LogP contribution is 2.60. The van der Waals surface area contributed by atoms with Crippen LogP contribution in [0.25, 0.3) is 72.8 Å². The Morgan fingerprint density at radius 3 is 1.85 bits per heavy atom. The van der Waals surface area contributed by atoms with Gasteiger partial charge in [0.1, 0.15) is 0 Å². The van der Waals surface area contributed by atoms with E-state index in [1.807, 2.05) is 24.3 Å². The molecular formula is C50H39N5. The Balaban J connectivity index is 1.11. The fourth-order valence-corrected chi connectivity index (χ4v) is 10.8. The van der Waals surface area contributed by atoms with Crippen molar-refractivity contribution >= 4 is 21.8 Å². The predicted octanol–water partition coefficient (Wildman–Crippen LogP) is 12.0. The number of nitriles is 1. The van der Waals surface area contributed by atoms with Crippen molar-refractivity contribution in [2.75, 3.05) is 0 Å². The molecule has 12 rings (SSSR count). The quantitative estimate of drug-likeness (QED) is 0.172. The first-order valence-electron chi connectivity index (χ1n) is 19.7. The van der Waals surface area contributed by atoms with Crippen molar-refractivity contribution in [3.63, 3.8) is 0 Å². The van der Waals surface area contributed by atoms with Gasteiger partial charge >= 0.3 is 0 Å². The number of rotatable bonds is 6. The first kappa shape index (κ1) is 32.1. The molecule has 5 heteroatoms. The summed E-state index contributed by atoms with van der Waals surface area (Å²) >= 11 is 0. The summed E-state index contributed by atoms with van der Waals surface area (Å²) in [5.74, 6) is 4.59. The van der Waals surface area contributed by atoms with Crippen LogP contribution in [0.5, 0.6) is 0 Å². The topological polar surface area (TPSA) is 67.4 Å². The van der Waals surface area contributed by atoms with Crippen LogP contribution in [-0.4, -0.2) is 19.5 Å². The second kappa shape index (κ2) is 12.6. The maximum Gasteiger partial charge on any atom is 0.166 e. The van der Waals surface area contributed by atoms with E-state index < -0.39 is 0 Å². The van der Waals surface area contributed by atoms with Crippen molar-refractivity contribution < 1.29 is 0 Å². The maximum atomic E-state index is 9.86. The van der Waals surface area contributed by atoms with Gasteiger partial charge in [0, 0.05) is 33.2 Å². The highest BCUT2D eigenvalue weighted by Gasteiger charge is 2.51. The van der Waals surface area contributed by atoms with Gasteiger partial charge in [-0.05, 0) is 121 Å². The van der Waals surface area contributed by atoms with Crippen LogP contribution >= 0.6 is 0 Å². The van der Waals surface area contributed by atoms with Crippen molar-refractivity contribution in [2.45, 2.75) is 43.9 Å². The zero-order valence-electron chi connectivity index (χ0n) is 30.6. The third kappa shape index (κ3) is 5.39. The van der Waals surface area contributed by atoms with Crippen LogP contribution in [0.1, 0.15) is 49.7 Å². The minimum atomic E-state index is 0.326. The van der Waals surface area contributed by atoms with E-state index in [0.29, 0.717) is 28.5 Å². The molecular weight excluding hydrogens is 671 g/mol. The average molecular weight is 710 g/mol. The van der Waals surface area contributed by atoms with Gasteiger partial charge in [-0.2, -0.15) is 5.26 Å². The monoisotopic (exact) mass is 709 g/mol. The Kier molecular flexibility index (Phi) is 7.35. The zero-order chi connectivity index (χ0) is 36.5. The van der Waals surface area contributed by atoms with E-state index in [0.717, 1.165) is 73.1 Å². The molecule has 4 aliphatic rings.